The van der Waals surface area contributed by atoms with Gasteiger partial charge in [-0.05, 0) is 24.7 Å². The van der Waals surface area contributed by atoms with E-state index in [9.17, 15) is 4.79 Å². The lowest BCUT2D eigenvalue weighted by Gasteiger charge is -2.15. The Hall–Kier alpha value is -0.810. The molecule has 5 N–H and O–H groups in total. The lowest BCUT2D eigenvalue weighted by molar-refractivity contribution is 0.198. The molecule has 20 heavy (non-hydrogen) atoms. The molecule has 5 heteroatoms. The number of carbonyl (C=O) groups excluding carboxylic acids is 1. The minimum absolute atomic E-state index is 0.421. The first kappa shape index (κ1) is 17.2. The third kappa shape index (κ3) is 7.70. The van der Waals surface area contributed by atoms with Crippen molar-refractivity contribution < 1.29 is 4.79 Å². The molecule has 0 saturated heterocycles. The highest BCUT2D eigenvalue weighted by Crippen LogP contribution is 2.41. The van der Waals surface area contributed by atoms with Crippen LogP contribution < -0.4 is 17.1 Å². The van der Waals surface area contributed by atoms with Crippen LogP contribution in [0, 0.1) is 11.8 Å². The molecule has 1 aliphatic carbocycles. The molecule has 1 fully saturated rings. The van der Waals surface area contributed by atoms with Crippen LogP contribution in [-0.4, -0.2) is 17.6 Å². The number of nitrogens with zero attached hydrogens (tertiary/aromatic N) is 1. The van der Waals surface area contributed by atoms with Gasteiger partial charge in [-0.2, -0.15) is 0 Å². The van der Waals surface area contributed by atoms with E-state index in [0.29, 0.717) is 6.54 Å². The van der Waals surface area contributed by atoms with Gasteiger partial charge in [0.05, 0.1) is 0 Å². The van der Waals surface area contributed by atoms with Crippen molar-refractivity contribution in [1.82, 2.24) is 10.4 Å². The number of hydrogen-bond donors (Lipinski definition) is 3. The summed E-state index contributed by atoms with van der Waals surface area (Å²) in [6, 6.07) is -0.421. The fourth-order valence-electron chi connectivity index (χ4n) is 2.74. The summed E-state index contributed by atoms with van der Waals surface area (Å²) in [6.07, 6.45) is 13.1. The summed E-state index contributed by atoms with van der Waals surface area (Å²) in [5.74, 6) is 12.6. The zero-order valence-electron chi connectivity index (χ0n) is 12.9. The third-order valence-electron chi connectivity index (χ3n) is 4.38. The molecule has 0 aliphatic heterocycles. The van der Waals surface area contributed by atoms with Crippen LogP contribution in [0.3, 0.4) is 0 Å². The first-order valence-electron chi connectivity index (χ1n) is 8.18. The van der Waals surface area contributed by atoms with Crippen LogP contribution >= 0.6 is 0 Å². The lowest BCUT2D eigenvalue weighted by Crippen LogP contribution is -2.47. The number of urea groups is 1. The number of unbranched alkanes of at least 4 members (excludes halogenated alkanes) is 7. The maximum absolute atomic E-state index is 11.0. The first-order chi connectivity index (χ1) is 9.65. The summed E-state index contributed by atoms with van der Waals surface area (Å²) in [7, 11) is 0. The molecular weight excluding hydrogens is 252 g/mol. The van der Waals surface area contributed by atoms with E-state index in [1.807, 2.05) is 5.43 Å². The number of rotatable bonds is 11. The summed E-state index contributed by atoms with van der Waals surface area (Å²) < 4.78 is 0. The van der Waals surface area contributed by atoms with Crippen LogP contribution in [0.4, 0.5) is 4.79 Å². The van der Waals surface area contributed by atoms with E-state index >= 15 is 0 Å². The molecule has 118 valence electrons. The zero-order valence-corrected chi connectivity index (χ0v) is 12.9. The predicted octanol–water partition coefficient (Wildman–Crippen LogP) is 2.91. The molecule has 2 unspecified atom stereocenters. The minimum atomic E-state index is -0.421. The van der Waals surface area contributed by atoms with Crippen LogP contribution in [0.25, 0.3) is 0 Å². The van der Waals surface area contributed by atoms with Crippen LogP contribution in [0.15, 0.2) is 0 Å². The monoisotopic (exact) mass is 284 g/mol. The Kier molecular flexibility index (Phi) is 8.62. The Bertz CT molecular complexity index is 273. The van der Waals surface area contributed by atoms with Gasteiger partial charge in [0.2, 0.25) is 0 Å². The van der Waals surface area contributed by atoms with Crippen LogP contribution in [-0.2, 0) is 0 Å². The fraction of sp³-hybridized carbons (Fsp3) is 0.933. The standard InChI is InChI=1S/C15H32N4O/c1-13-12-14(13)10-8-6-4-2-3-5-7-9-11-19(17)15(20)18-16/h13-14H,2-12,16-17H2,1H3,(H,18,20). The summed E-state index contributed by atoms with van der Waals surface area (Å²) in [6.45, 7) is 2.94. The van der Waals surface area contributed by atoms with Crippen molar-refractivity contribution in [2.24, 2.45) is 23.5 Å². The largest absolute Gasteiger partial charge is 0.345 e. The molecule has 1 rings (SSSR count). The molecule has 0 aromatic rings. The maximum Gasteiger partial charge on any atom is 0.345 e. The molecule has 0 radical (unpaired) electrons. The topological polar surface area (TPSA) is 84.4 Å². The molecule has 1 saturated carbocycles. The molecule has 0 aromatic heterocycles. The second kappa shape index (κ2) is 10.00. The fourth-order valence-corrected chi connectivity index (χ4v) is 2.74. The number of carbonyl (C=O) groups is 1. The van der Waals surface area contributed by atoms with Crippen molar-refractivity contribution in [3.8, 4) is 0 Å². The van der Waals surface area contributed by atoms with Gasteiger partial charge in [0.1, 0.15) is 0 Å². The average molecular weight is 284 g/mol. The molecule has 0 aromatic carbocycles. The second-order valence-corrected chi connectivity index (χ2v) is 6.23. The molecule has 2 amide bonds. The predicted molar refractivity (Wildman–Crippen MR) is 82.4 cm³/mol. The van der Waals surface area contributed by atoms with Gasteiger partial charge in [-0.3, -0.25) is 10.4 Å². The van der Waals surface area contributed by atoms with Crippen molar-refractivity contribution in [3.05, 3.63) is 0 Å². The average Bonchev–Trinajstić information content (AvgIpc) is 3.15. The maximum atomic E-state index is 11.0. The van der Waals surface area contributed by atoms with Crippen molar-refractivity contribution in [1.29, 1.82) is 0 Å². The molecule has 2 atom stereocenters. The highest BCUT2D eigenvalue weighted by molar-refractivity contribution is 5.72. The van der Waals surface area contributed by atoms with Crippen molar-refractivity contribution in [3.63, 3.8) is 0 Å². The highest BCUT2D eigenvalue weighted by atomic mass is 16.2. The lowest BCUT2D eigenvalue weighted by atomic mass is 10.1. The van der Waals surface area contributed by atoms with Crippen LogP contribution in [0.2, 0.25) is 0 Å². The zero-order chi connectivity index (χ0) is 14.8. The molecule has 0 spiro atoms. The molecule has 1 aliphatic rings. The van der Waals surface area contributed by atoms with Gasteiger partial charge in [0, 0.05) is 6.54 Å². The Morgan fingerprint density at radius 3 is 2.10 bits per heavy atom. The van der Waals surface area contributed by atoms with E-state index in [1.54, 1.807) is 0 Å². The van der Waals surface area contributed by atoms with E-state index in [0.717, 1.165) is 29.7 Å². The molecule has 0 heterocycles. The number of hydrazine groups is 2. The number of amides is 2. The quantitative estimate of drug-likeness (QED) is 0.236. The number of hydrogen-bond acceptors (Lipinski definition) is 3. The smallest absolute Gasteiger partial charge is 0.275 e. The Morgan fingerprint density at radius 1 is 1.10 bits per heavy atom. The van der Waals surface area contributed by atoms with Crippen molar-refractivity contribution >= 4 is 6.03 Å². The highest BCUT2D eigenvalue weighted by Gasteiger charge is 2.31. The SMILES string of the molecule is CC1CC1CCCCCCCCCCN(N)C(=O)NN. The van der Waals surface area contributed by atoms with E-state index in [-0.39, 0.29) is 0 Å². The Morgan fingerprint density at radius 2 is 1.60 bits per heavy atom. The van der Waals surface area contributed by atoms with Gasteiger partial charge in [-0.15, -0.1) is 0 Å². The van der Waals surface area contributed by atoms with E-state index in [4.69, 9.17) is 11.7 Å². The molecule has 0 bridgehead atoms. The van der Waals surface area contributed by atoms with Gasteiger partial charge in [-0.1, -0.05) is 58.3 Å². The molecule has 5 nitrogen and oxygen atoms in total. The summed E-state index contributed by atoms with van der Waals surface area (Å²) in [4.78, 5) is 11.0. The van der Waals surface area contributed by atoms with E-state index in [1.165, 1.54) is 51.4 Å². The van der Waals surface area contributed by atoms with Gasteiger partial charge in [-0.25, -0.2) is 16.5 Å². The van der Waals surface area contributed by atoms with Crippen molar-refractivity contribution in [2.45, 2.75) is 71.1 Å². The third-order valence-corrected chi connectivity index (χ3v) is 4.38. The minimum Gasteiger partial charge on any atom is -0.275 e. The van der Waals surface area contributed by atoms with E-state index in [2.05, 4.69) is 6.92 Å². The Balaban J connectivity index is 1.75. The summed E-state index contributed by atoms with van der Waals surface area (Å²) in [5.41, 5.74) is 2.02. The van der Waals surface area contributed by atoms with E-state index < -0.39 is 6.03 Å². The Labute approximate surface area is 123 Å². The normalized spacial score (nSPS) is 20.8. The van der Waals surface area contributed by atoms with Gasteiger partial charge in [0.15, 0.2) is 0 Å². The van der Waals surface area contributed by atoms with Crippen LogP contribution in [0.5, 0.6) is 0 Å². The number of nitrogens with two attached hydrogens (primary N) is 2. The summed E-state index contributed by atoms with van der Waals surface area (Å²) >= 11 is 0. The van der Waals surface area contributed by atoms with Gasteiger partial charge >= 0.3 is 6.03 Å². The van der Waals surface area contributed by atoms with Gasteiger partial charge in [0.25, 0.3) is 0 Å². The van der Waals surface area contributed by atoms with Gasteiger partial charge < -0.3 is 0 Å². The summed E-state index contributed by atoms with van der Waals surface area (Å²) in [5, 5.41) is 1.14. The number of nitrogens with one attached hydrogen (secondary N) is 1. The van der Waals surface area contributed by atoms with Crippen molar-refractivity contribution in [2.75, 3.05) is 6.54 Å². The van der Waals surface area contributed by atoms with Crippen LogP contribution in [0.1, 0.15) is 71.1 Å². The second-order valence-electron chi connectivity index (χ2n) is 6.23. The molecular formula is C15H32N4O. The first-order valence-corrected chi connectivity index (χ1v) is 8.18.